The maximum atomic E-state index is 11.7. The average Bonchev–Trinajstić information content (AvgIpc) is 2.15. The molecule has 0 aromatic rings. The van der Waals surface area contributed by atoms with Crippen LogP contribution in [-0.2, 0) is 23.1 Å². The average molecular weight is 247 g/mol. The summed E-state index contributed by atoms with van der Waals surface area (Å²) in [6, 6.07) is 0. The molecule has 0 heterocycles. The molecule has 0 spiro atoms. The highest BCUT2D eigenvalue weighted by Gasteiger charge is 2.25. The van der Waals surface area contributed by atoms with E-state index in [4.69, 9.17) is 25.4 Å². The second-order valence-electron chi connectivity index (χ2n) is 2.25. The van der Waals surface area contributed by atoms with E-state index in [1.807, 2.05) is 0 Å². The molecular weight excluding hydrogens is 230 g/mol. The fourth-order valence-electron chi connectivity index (χ4n) is 0.723. The minimum absolute atomic E-state index is 0.212. The molecule has 0 saturated heterocycles. The van der Waals surface area contributed by atoms with Gasteiger partial charge in [0.1, 0.15) is 0 Å². The Kier molecular flexibility index (Phi) is 7.82. The second-order valence-corrected chi connectivity index (χ2v) is 4.61. The van der Waals surface area contributed by atoms with Crippen molar-refractivity contribution in [1.29, 1.82) is 0 Å². The highest BCUT2D eigenvalue weighted by Crippen LogP contribution is 2.48. The molecule has 14 heavy (non-hydrogen) atoms. The summed E-state index contributed by atoms with van der Waals surface area (Å²) in [4.78, 5) is 0. The van der Waals surface area contributed by atoms with Gasteiger partial charge in [-0.15, -0.1) is 0 Å². The van der Waals surface area contributed by atoms with Gasteiger partial charge in [-0.2, -0.15) is 0 Å². The van der Waals surface area contributed by atoms with E-state index in [-0.39, 0.29) is 6.35 Å². The molecule has 7 heteroatoms. The minimum atomic E-state index is -3.17. The monoisotopic (exact) mass is 246 g/mol. The Hall–Kier alpha value is 0.360. The van der Waals surface area contributed by atoms with Gasteiger partial charge >= 0.3 is 7.60 Å². The smallest absolute Gasteiger partial charge is 0.343 e. The fourth-order valence-corrected chi connectivity index (χ4v) is 2.20. The molecule has 5 nitrogen and oxygen atoms in total. The van der Waals surface area contributed by atoms with Crippen molar-refractivity contribution in [2.75, 3.05) is 26.7 Å². The van der Waals surface area contributed by atoms with Crippen molar-refractivity contribution in [3.8, 4) is 0 Å². The summed E-state index contributed by atoms with van der Waals surface area (Å²) in [5.41, 5.74) is 0. The van der Waals surface area contributed by atoms with E-state index in [1.54, 1.807) is 13.8 Å². The van der Waals surface area contributed by atoms with Crippen LogP contribution in [0.2, 0.25) is 0 Å². The lowest BCUT2D eigenvalue weighted by atomic mass is 10.9. The summed E-state index contributed by atoms with van der Waals surface area (Å²) in [6.07, 6.45) is -0.212. The van der Waals surface area contributed by atoms with Crippen LogP contribution in [0.5, 0.6) is 0 Å². The third-order valence-electron chi connectivity index (χ3n) is 1.20. The summed E-state index contributed by atoms with van der Waals surface area (Å²) in [7, 11) is -1.79. The van der Waals surface area contributed by atoms with Gasteiger partial charge in [-0.1, -0.05) is 11.6 Å². The molecule has 0 radical (unpaired) electrons. The van der Waals surface area contributed by atoms with Crippen LogP contribution in [0.1, 0.15) is 13.8 Å². The first-order chi connectivity index (χ1) is 6.58. The van der Waals surface area contributed by atoms with E-state index in [1.165, 1.54) is 7.11 Å². The van der Waals surface area contributed by atoms with Crippen LogP contribution in [0.4, 0.5) is 0 Å². The second kappa shape index (κ2) is 7.63. The minimum Gasteiger partial charge on any atom is -0.343 e. The van der Waals surface area contributed by atoms with E-state index < -0.39 is 13.3 Å². The largest absolute Gasteiger partial charge is 0.356 e. The van der Waals surface area contributed by atoms with Gasteiger partial charge in [0.15, 0.2) is 6.35 Å². The molecule has 1 unspecified atom stereocenters. The lowest BCUT2D eigenvalue weighted by molar-refractivity contribution is -0.0548. The Bertz CT molecular complexity index is 179. The standard InChI is InChI=1S/C7H16ClO5P/c1-4-12-14(9,13-5-2)6-11-7(8)10-3/h7H,4-6H2,1-3H3. The number of hydrogen-bond donors (Lipinski definition) is 0. The van der Waals surface area contributed by atoms with Gasteiger partial charge in [0, 0.05) is 7.11 Å². The number of hydrogen-bond acceptors (Lipinski definition) is 5. The maximum absolute atomic E-state index is 11.7. The Balaban J connectivity index is 4.02. The zero-order chi connectivity index (χ0) is 11.0. The summed E-state index contributed by atoms with van der Waals surface area (Å²) in [6.45, 7) is 4.03. The summed E-state index contributed by atoms with van der Waals surface area (Å²) < 4.78 is 31.2. The Morgan fingerprint density at radius 2 is 1.79 bits per heavy atom. The summed E-state index contributed by atoms with van der Waals surface area (Å²) in [5.74, 6) is -0.941. The van der Waals surface area contributed by atoms with Crippen molar-refractivity contribution in [3.05, 3.63) is 0 Å². The Morgan fingerprint density at radius 1 is 1.29 bits per heavy atom. The van der Waals surface area contributed by atoms with Gasteiger partial charge in [-0.05, 0) is 13.8 Å². The molecule has 0 bridgehead atoms. The van der Waals surface area contributed by atoms with E-state index in [9.17, 15) is 4.57 Å². The van der Waals surface area contributed by atoms with Gasteiger partial charge in [0.2, 0.25) is 5.75 Å². The summed E-state index contributed by atoms with van der Waals surface area (Å²) in [5, 5.41) is 0. The van der Waals surface area contributed by atoms with Crippen molar-refractivity contribution in [2.45, 2.75) is 19.6 Å². The molecule has 0 aliphatic heterocycles. The molecule has 0 aliphatic carbocycles. The van der Waals surface area contributed by atoms with E-state index in [0.29, 0.717) is 13.2 Å². The first-order valence-electron chi connectivity index (χ1n) is 4.24. The first kappa shape index (κ1) is 14.4. The molecule has 0 amide bonds. The molecule has 0 fully saturated rings. The molecule has 0 rings (SSSR count). The molecule has 0 aliphatic rings. The highest BCUT2D eigenvalue weighted by atomic mass is 35.5. The van der Waals surface area contributed by atoms with Crippen LogP contribution in [0.25, 0.3) is 0 Å². The Labute approximate surface area is 89.1 Å². The predicted molar refractivity (Wildman–Crippen MR) is 53.5 cm³/mol. The van der Waals surface area contributed by atoms with Gasteiger partial charge in [-0.3, -0.25) is 4.57 Å². The van der Waals surface area contributed by atoms with E-state index in [2.05, 4.69) is 4.74 Å². The quantitative estimate of drug-likeness (QED) is 0.374. The molecule has 0 saturated carbocycles. The van der Waals surface area contributed by atoms with Gasteiger partial charge < -0.3 is 18.5 Å². The molecule has 0 N–H and O–H groups in total. The molecule has 86 valence electrons. The lowest BCUT2D eigenvalue weighted by Gasteiger charge is -2.18. The SMILES string of the molecule is CCOP(=O)(COC(Cl)OC)OCC. The predicted octanol–water partition coefficient (Wildman–Crippen LogP) is 2.40. The van der Waals surface area contributed by atoms with Crippen LogP contribution in [0.15, 0.2) is 0 Å². The van der Waals surface area contributed by atoms with E-state index in [0.717, 1.165) is 0 Å². The molecule has 1 atom stereocenters. The first-order valence-corrected chi connectivity index (χ1v) is 6.41. The van der Waals surface area contributed by atoms with Crippen LogP contribution >= 0.6 is 19.2 Å². The topological polar surface area (TPSA) is 54.0 Å². The van der Waals surface area contributed by atoms with Crippen LogP contribution in [0.3, 0.4) is 0 Å². The number of methoxy groups -OCH3 is 1. The fraction of sp³-hybridized carbons (Fsp3) is 1.00. The van der Waals surface area contributed by atoms with Crippen molar-refractivity contribution in [3.63, 3.8) is 0 Å². The van der Waals surface area contributed by atoms with Gasteiger partial charge in [0.25, 0.3) is 0 Å². The van der Waals surface area contributed by atoms with Gasteiger partial charge in [0.05, 0.1) is 13.2 Å². The van der Waals surface area contributed by atoms with Crippen molar-refractivity contribution >= 4 is 19.2 Å². The van der Waals surface area contributed by atoms with Crippen LogP contribution in [0, 0.1) is 0 Å². The zero-order valence-electron chi connectivity index (χ0n) is 8.57. The summed E-state index contributed by atoms with van der Waals surface area (Å²) >= 11 is 5.49. The van der Waals surface area contributed by atoms with Crippen molar-refractivity contribution < 1.29 is 23.1 Å². The number of halogens is 1. The van der Waals surface area contributed by atoms with Gasteiger partial charge in [-0.25, -0.2) is 0 Å². The Morgan fingerprint density at radius 3 is 2.14 bits per heavy atom. The molecule has 0 aromatic carbocycles. The van der Waals surface area contributed by atoms with E-state index >= 15 is 0 Å². The molecule has 0 aromatic heterocycles. The third kappa shape index (κ3) is 5.96. The molecular formula is C7H16ClO5P. The van der Waals surface area contributed by atoms with Crippen molar-refractivity contribution in [1.82, 2.24) is 0 Å². The highest BCUT2D eigenvalue weighted by molar-refractivity contribution is 7.53. The third-order valence-corrected chi connectivity index (χ3v) is 3.27. The van der Waals surface area contributed by atoms with Crippen molar-refractivity contribution in [2.24, 2.45) is 0 Å². The number of ether oxygens (including phenoxy) is 2. The number of rotatable bonds is 8. The normalized spacial score (nSPS) is 14.3. The maximum Gasteiger partial charge on any atom is 0.356 e. The zero-order valence-corrected chi connectivity index (χ0v) is 10.2. The van der Waals surface area contributed by atoms with Crippen LogP contribution < -0.4 is 0 Å². The lowest BCUT2D eigenvalue weighted by Crippen LogP contribution is -2.11. The number of alkyl halides is 1. The van der Waals surface area contributed by atoms with Crippen LogP contribution in [-0.4, -0.2) is 32.4 Å².